The lowest BCUT2D eigenvalue weighted by Crippen LogP contribution is -2.18. The molecule has 0 bridgehead atoms. The summed E-state index contributed by atoms with van der Waals surface area (Å²) in [4.78, 5) is 11.0. The Kier molecular flexibility index (Phi) is 6.02. The molecule has 0 unspecified atom stereocenters. The molecule has 0 atom stereocenters. The van der Waals surface area contributed by atoms with E-state index in [1.807, 2.05) is 6.92 Å². The minimum atomic E-state index is -3.51. The number of sulfonamides is 1. The number of hydrogen-bond donors (Lipinski definition) is 1. The van der Waals surface area contributed by atoms with Crippen molar-refractivity contribution in [3.05, 3.63) is 23.3 Å². The first kappa shape index (κ1) is 17.3. The molecule has 0 heterocycles. The Labute approximate surface area is 125 Å². The van der Waals surface area contributed by atoms with Gasteiger partial charge in [0.05, 0.1) is 25.7 Å². The fourth-order valence-corrected chi connectivity index (χ4v) is 3.16. The minimum Gasteiger partial charge on any atom is -0.496 e. The highest BCUT2D eigenvalue weighted by molar-refractivity contribution is 7.92. The SMILES string of the molecule is COC(=O)CCCS(=O)(=O)Nc1ccc(C)c(OC)c1C. The number of hydrogen-bond acceptors (Lipinski definition) is 5. The number of esters is 1. The molecule has 0 saturated heterocycles. The van der Waals surface area contributed by atoms with Crippen molar-refractivity contribution in [2.24, 2.45) is 0 Å². The van der Waals surface area contributed by atoms with Gasteiger partial charge < -0.3 is 9.47 Å². The maximum absolute atomic E-state index is 12.0. The Hall–Kier alpha value is -1.76. The van der Waals surface area contributed by atoms with Crippen molar-refractivity contribution in [1.82, 2.24) is 0 Å². The standard InChI is InChI=1S/C14H21NO5S/c1-10-7-8-12(11(2)14(10)20-4)15-21(17,18)9-5-6-13(16)19-3/h7-8,15H,5-6,9H2,1-4H3. The van der Waals surface area contributed by atoms with Crippen LogP contribution in [0.25, 0.3) is 0 Å². The number of methoxy groups -OCH3 is 2. The maximum Gasteiger partial charge on any atom is 0.305 e. The van der Waals surface area contributed by atoms with Crippen molar-refractivity contribution in [3.8, 4) is 5.75 Å². The van der Waals surface area contributed by atoms with Crippen molar-refractivity contribution in [3.63, 3.8) is 0 Å². The number of anilines is 1. The molecule has 21 heavy (non-hydrogen) atoms. The van der Waals surface area contributed by atoms with E-state index in [0.717, 1.165) is 11.1 Å². The molecular weight excluding hydrogens is 294 g/mol. The summed E-state index contributed by atoms with van der Waals surface area (Å²) in [5.41, 5.74) is 2.15. The highest BCUT2D eigenvalue weighted by atomic mass is 32.2. The van der Waals surface area contributed by atoms with Crippen LogP contribution in [0.4, 0.5) is 5.69 Å². The third-order valence-corrected chi connectivity index (χ3v) is 4.45. The van der Waals surface area contributed by atoms with E-state index in [4.69, 9.17) is 4.74 Å². The van der Waals surface area contributed by atoms with Crippen LogP contribution >= 0.6 is 0 Å². The molecule has 0 aliphatic carbocycles. The second kappa shape index (κ2) is 7.31. The van der Waals surface area contributed by atoms with E-state index < -0.39 is 16.0 Å². The summed E-state index contributed by atoms with van der Waals surface area (Å²) in [6.45, 7) is 3.68. The number of ether oxygens (including phenoxy) is 2. The molecule has 1 aromatic carbocycles. The smallest absolute Gasteiger partial charge is 0.305 e. The van der Waals surface area contributed by atoms with Gasteiger partial charge in [-0.25, -0.2) is 8.42 Å². The first-order valence-corrected chi connectivity index (χ1v) is 8.17. The molecule has 0 fully saturated rings. The third-order valence-electron chi connectivity index (χ3n) is 3.09. The lowest BCUT2D eigenvalue weighted by Gasteiger charge is -2.14. The number of carbonyl (C=O) groups excluding carboxylic acids is 1. The molecule has 1 N–H and O–H groups in total. The zero-order chi connectivity index (χ0) is 16.0. The Morgan fingerprint density at radius 3 is 2.48 bits per heavy atom. The molecular formula is C14H21NO5S. The van der Waals surface area contributed by atoms with Gasteiger partial charge in [-0.3, -0.25) is 9.52 Å². The monoisotopic (exact) mass is 315 g/mol. The van der Waals surface area contributed by atoms with Crippen molar-refractivity contribution in [2.45, 2.75) is 26.7 Å². The summed E-state index contributed by atoms with van der Waals surface area (Å²) in [5.74, 6) is 0.0979. The second-order valence-electron chi connectivity index (χ2n) is 4.69. The fourth-order valence-electron chi connectivity index (χ4n) is 1.98. The maximum atomic E-state index is 12.0. The van der Waals surface area contributed by atoms with Gasteiger partial charge in [0.15, 0.2) is 0 Å². The van der Waals surface area contributed by atoms with Crippen LogP contribution < -0.4 is 9.46 Å². The molecule has 1 rings (SSSR count). The van der Waals surface area contributed by atoms with Crippen LogP contribution in [0.3, 0.4) is 0 Å². The van der Waals surface area contributed by atoms with Gasteiger partial charge in [-0.15, -0.1) is 0 Å². The summed E-state index contributed by atoms with van der Waals surface area (Å²) < 4.78 is 36.3. The van der Waals surface area contributed by atoms with Crippen LogP contribution in [0.1, 0.15) is 24.0 Å². The third kappa shape index (κ3) is 4.93. The minimum absolute atomic E-state index is 0.0770. The molecule has 7 heteroatoms. The van der Waals surface area contributed by atoms with Gasteiger partial charge >= 0.3 is 5.97 Å². The summed E-state index contributed by atoms with van der Waals surface area (Å²) in [5, 5.41) is 0. The van der Waals surface area contributed by atoms with E-state index in [1.54, 1.807) is 26.2 Å². The fraction of sp³-hybridized carbons (Fsp3) is 0.500. The second-order valence-corrected chi connectivity index (χ2v) is 6.53. The molecule has 6 nitrogen and oxygen atoms in total. The normalized spacial score (nSPS) is 11.0. The summed E-state index contributed by atoms with van der Waals surface area (Å²) in [6.07, 6.45) is 0.289. The Balaban J connectivity index is 2.78. The van der Waals surface area contributed by atoms with E-state index in [9.17, 15) is 13.2 Å². The van der Waals surface area contributed by atoms with Crippen LogP contribution in [0.2, 0.25) is 0 Å². The molecule has 0 spiro atoms. The molecule has 0 amide bonds. The number of carbonyl (C=O) groups is 1. The predicted molar refractivity (Wildman–Crippen MR) is 81.1 cm³/mol. The van der Waals surface area contributed by atoms with Gasteiger partial charge in [0.25, 0.3) is 0 Å². The van der Waals surface area contributed by atoms with Crippen molar-refractivity contribution >= 4 is 21.7 Å². The zero-order valence-corrected chi connectivity index (χ0v) is 13.5. The zero-order valence-electron chi connectivity index (χ0n) is 12.7. The molecule has 0 radical (unpaired) electrons. The highest BCUT2D eigenvalue weighted by Crippen LogP contribution is 2.29. The van der Waals surface area contributed by atoms with Crippen LogP contribution in [-0.2, 0) is 19.6 Å². The molecule has 0 aliphatic rings. The van der Waals surface area contributed by atoms with E-state index in [-0.39, 0.29) is 18.6 Å². The molecule has 118 valence electrons. The van der Waals surface area contributed by atoms with Gasteiger partial charge in [0.2, 0.25) is 10.0 Å². The van der Waals surface area contributed by atoms with Crippen LogP contribution in [0.15, 0.2) is 12.1 Å². The van der Waals surface area contributed by atoms with Crippen molar-refractivity contribution < 1.29 is 22.7 Å². The van der Waals surface area contributed by atoms with Gasteiger partial charge in [-0.1, -0.05) is 6.07 Å². The van der Waals surface area contributed by atoms with Crippen LogP contribution in [-0.4, -0.2) is 34.4 Å². The largest absolute Gasteiger partial charge is 0.496 e. The van der Waals surface area contributed by atoms with Crippen LogP contribution in [0.5, 0.6) is 5.75 Å². The molecule has 0 saturated carbocycles. The summed E-state index contributed by atoms with van der Waals surface area (Å²) >= 11 is 0. The number of benzene rings is 1. The van der Waals surface area contributed by atoms with Crippen molar-refractivity contribution in [1.29, 1.82) is 0 Å². The number of aryl methyl sites for hydroxylation is 1. The molecule has 1 aromatic rings. The highest BCUT2D eigenvalue weighted by Gasteiger charge is 2.15. The topological polar surface area (TPSA) is 81.7 Å². The lowest BCUT2D eigenvalue weighted by atomic mass is 10.1. The Morgan fingerprint density at radius 2 is 1.90 bits per heavy atom. The first-order valence-electron chi connectivity index (χ1n) is 6.52. The summed E-state index contributed by atoms with van der Waals surface area (Å²) in [7, 11) is -0.692. The summed E-state index contributed by atoms with van der Waals surface area (Å²) in [6, 6.07) is 3.49. The van der Waals surface area contributed by atoms with E-state index in [0.29, 0.717) is 11.4 Å². The predicted octanol–water partition coefficient (Wildman–Crippen LogP) is 2.01. The molecule has 0 aromatic heterocycles. The number of nitrogens with one attached hydrogen (secondary N) is 1. The number of rotatable bonds is 7. The van der Waals surface area contributed by atoms with Gasteiger partial charge in [0.1, 0.15) is 5.75 Å². The van der Waals surface area contributed by atoms with Crippen LogP contribution in [0, 0.1) is 13.8 Å². The average Bonchev–Trinajstić information content (AvgIpc) is 2.42. The van der Waals surface area contributed by atoms with Gasteiger partial charge in [-0.2, -0.15) is 0 Å². The Bertz CT molecular complexity index is 610. The van der Waals surface area contributed by atoms with E-state index in [2.05, 4.69) is 9.46 Å². The average molecular weight is 315 g/mol. The van der Waals surface area contributed by atoms with E-state index in [1.165, 1.54) is 7.11 Å². The Morgan fingerprint density at radius 1 is 1.24 bits per heavy atom. The molecule has 0 aliphatic heterocycles. The van der Waals surface area contributed by atoms with E-state index >= 15 is 0 Å². The lowest BCUT2D eigenvalue weighted by molar-refractivity contribution is -0.140. The quantitative estimate of drug-likeness (QED) is 0.778. The first-order chi connectivity index (χ1) is 9.80. The van der Waals surface area contributed by atoms with Gasteiger partial charge in [0, 0.05) is 12.0 Å². The van der Waals surface area contributed by atoms with Gasteiger partial charge in [-0.05, 0) is 31.9 Å². The van der Waals surface area contributed by atoms with Crippen molar-refractivity contribution in [2.75, 3.05) is 24.7 Å².